The summed E-state index contributed by atoms with van der Waals surface area (Å²) in [6.07, 6.45) is 8.33. The van der Waals surface area contributed by atoms with Crippen LogP contribution in [0.1, 0.15) is 32.6 Å². The summed E-state index contributed by atoms with van der Waals surface area (Å²) in [6, 6.07) is 2.53. The zero-order chi connectivity index (χ0) is 12.1. The van der Waals surface area contributed by atoms with Gasteiger partial charge in [-0.25, -0.2) is 9.97 Å². The van der Waals surface area contributed by atoms with Crippen LogP contribution in [0.5, 0.6) is 0 Å². The standard InChI is InChI=1S/C13H22N4/c1-2-12-11(9-14)5-3-4-8-17(12)13-6-7-15-10-16-13/h6-7,10-12H,2-5,8-9,14H2,1H3/t11-,12-/m1/s1. The van der Waals surface area contributed by atoms with E-state index >= 15 is 0 Å². The molecule has 2 atom stereocenters. The van der Waals surface area contributed by atoms with Gasteiger partial charge in [-0.2, -0.15) is 0 Å². The van der Waals surface area contributed by atoms with Gasteiger partial charge in [0.25, 0.3) is 0 Å². The van der Waals surface area contributed by atoms with Gasteiger partial charge in [-0.1, -0.05) is 13.3 Å². The fraction of sp³-hybridized carbons (Fsp3) is 0.692. The van der Waals surface area contributed by atoms with Crippen molar-refractivity contribution >= 4 is 5.82 Å². The Labute approximate surface area is 103 Å². The van der Waals surface area contributed by atoms with Crippen LogP contribution in [0.3, 0.4) is 0 Å². The smallest absolute Gasteiger partial charge is 0.132 e. The second kappa shape index (κ2) is 5.96. The molecule has 1 saturated heterocycles. The predicted molar refractivity (Wildman–Crippen MR) is 69.9 cm³/mol. The molecule has 0 bridgehead atoms. The second-order valence-electron chi connectivity index (χ2n) is 4.73. The van der Waals surface area contributed by atoms with Gasteiger partial charge in [-0.3, -0.25) is 0 Å². The highest BCUT2D eigenvalue weighted by atomic mass is 15.2. The first-order chi connectivity index (χ1) is 8.36. The highest BCUT2D eigenvalue weighted by molar-refractivity contribution is 5.38. The molecule has 0 aromatic carbocycles. The Hall–Kier alpha value is -1.16. The Morgan fingerprint density at radius 2 is 2.35 bits per heavy atom. The summed E-state index contributed by atoms with van der Waals surface area (Å²) < 4.78 is 0. The minimum atomic E-state index is 0.525. The van der Waals surface area contributed by atoms with Crippen molar-refractivity contribution in [2.75, 3.05) is 18.0 Å². The zero-order valence-electron chi connectivity index (χ0n) is 10.5. The van der Waals surface area contributed by atoms with Crippen molar-refractivity contribution in [1.29, 1.82) is 0 Å². The van der Waals surface area contributed by atoms with Crippen LogP contribution in [0.15, 0.2) is 18.6 Å². The lowest BCUT2D eigenvalue weighted by molar-refractivity contribution is 0.391. The lowest BCUT2D eigenvalue weighted by Gasteiger charge is -2.34. The molecule has 0 saturated carbocycles. The van der Waals surface area contributed by atoms with Crippen LogP contribution < -0.4 is 10.6 Å². The summed E-state index contributed by atoms with van der Waals surface area (Å²) in [5.41, 5.74) is 5.92. The Balaban J connectivity index is 2.23. The first-order valence-electron chi connectivity index (χ1n) is 6.59. The lowest BCUT2D eigenvalue weighted by Crippen LogP contribution is -2.42. The zero-order valence-corrected chi connectivity index (χ0v) is 10.5. The fourth-order valence-corrected chi connectivity index (χ4v) is 2.87. The molecule has 1 aromatic heterocycles. The van der Waals surface area contributed by atoms with Gasteiger partial charge in [0.05, 0.1) is 0 Å². The van der Waals surface area contributed by atoms with Crippen LogP contribution >= 0.6 is 0 Å². The Kier molecular flexibility index (Phi) is 4.31. The number of aromatic nitrogens is 2. The number of nitrogens with zero attached hydrogens (tertiary/aromatic N) is 3. The normalized spacial score (nSPS) is 25.6. The van der Waals surface area contributed by atoms with Crippen LogP contribution in [0.4, 0.5) is 5.82 Å². The molecule has 4 nitrogen and oxygen atoms in total. The molecule has 2 rings (SSSR count). The monoisotopic (exact) mass is 234 g/mol. The Morgan fingerprint density at radius 1 is 1.47 bits per heavy atom. The van der Waals surface area contributed by atoms with Crippen molar-refractivity contribution in [2.24, 2.45) is 11.7 Å². The number of rotatable bonds is 3. The quantitative estimate of drug-likeness (QED) is 0.866. The van der Waals surface area contributed by atoms with Crippen LogP contribution in [0.2, 0.25) is 0 Å². The largest absolute Gasteiger partial charge is 0.353 e. The third-order valence-electron chi connectivity index (χ3n) is 3.75. The van der Waals surface area contributed by atoms with Crippen LogP contribution in [-0.2, 0) is 0 Å². The molecular formula is C13H22N4. The number of hydrogen-bond acceptors (Lipinski definition) is 4. The molecule has 0 spiro atoms. The van der Waals surface area contributed by atoms with Gasteiger partial charge in [0, 0.05) is 18.8 Å². The van der Waals surface area contributed by atoms with E-state index < -0.39 is 0 Å². The van der Waals surface area contributed by atoms with Crippen LogP contribution in [0, 0.1) is 5.92 Å². The van der Waals surface area contributed by atoms with Crippen molar-refractivity contribution < 1.29 is 0 Å². The molecule has 0 amide bonds. The minimum absolute atomic E-state index is 0.525. The number of anilines is 1. The number of nitrogens with two attached hydrogens (primary N) is 1. The van der Waals surface area contributed by atoms with Crippen LogP contribution in [0.25, 0.3) is 0 Å². The molecular weight excluding hydrogens is 212 g/mol. The lowest BCUT2D eigenvalue weighted by atomic mass is 9.93. The Bertz CT molecular complexity index is 327. The van der Waals surface area contributed by atoms with Crippen molar-refractivity contribution in [3.05, 3.63) is 18.6 Å². The van der Waals surface area contributed by atoms with Gasteiger partial charge in [-0.15, -0.1) is 0 Å². The van der Waals surface area contributed by atoms with E-state index in [-0.39, 0.29) is 0 Å². The van der Waals surface area contributed by atoms with Gasteiger partial charge < -0.3 is 10.6 Å². The summed E-state index contributed by atoms with van der Waals surface area (Å²) in [5, 5.41) is 0. The van der Waals surface area contributed by atoms with E-state index in [0.717, 1.165) is 25.3 Å². The molecule has 2 heterocycles. The topological polar surface area (TPSA) is 55.0 Å². The van der Waals surface area contributed by atoms with Crippen molar-refractivity contribution in [1.82, 2.24) is 9.97 Å². The summed E-state index contributed by atoms with van der Waals surface area (Å²) in [5.74, 6) is 1.64. The van der Waals surface area contributed by atoms with Gasteiger partial charge in [0.1, 0.15) is 12.1 Å². The maximum atomic E-state index is 5.92. The predicted octanol–water partition coefficient (Wildman–Crippen LogP) is 1.82. The van der Waals surface area contributed by atoms with Crippen LogP contribution in [-0.4, -0.2) is 29.1 Å². The van der Waals surface area contributed by atoms with Gasteiger partial charge in [0.2, 0.25) is 0 Å². The van der Waals surface area contributed by atoms with E-state index in [9.17, 15) is 0 Å². The summed E-state index contributed by atoms with van der Waals surface area (Å²) in [6.45, 7) is 4.11. The van der Waals surface area contributed by atoms with E-state index in [1.54, 1.807) is 6.33 Å². The Morgan fingerprint density at radius 3 is 3.00 bits per heavy atom. The van der Waals surface area contributed by atoms with E-state index in [1.807, 2.05) is 12.3 Å². The van der Waals surface area contributed by atoms with E-state index in [0.29, 0.717) is 12.0 Å². The molecule has 2 N–H and O–H groups in total. The first kappa shape index (κ1) is 12.3. The number of hydrogen-bond donors (Lipinski definition) is 1. The molecule has 94 valence electrons. The van der Waals surface area contributed by atoms with Crippen molar-refractivity contribution in [2.45, 2.75) is 38.6 Å². The van der Waals surface area contributed by atoms with Gasteiger partial charge in [0.15, 0.2) is 0 Å². The average molecular weight is 234 g/mol. The molecule has 1 aliphatic heterocycles. The minimum Gasteiger partial charge on any atom is -0.353 e. The molecule has 4 heteroatoms. The maximum Gasteiger partial charge on any atom is 0.132 e. The molecule has 0 unspecified atom stereocenters. The highest BCUT2D eigenvalue weighted by Gasteiger charge is 2.28. The van der Waals surface area contributed by atoms with Gasteiger partial charge >= 0.3 is 0 Å². The maximum absolute atomic E-state index is 5.92. The molecule has 0 aliphatic carbocycles. The molecule has 1 aliphatic rings. The van der Waals surface area contributed by atoms with E-state index in [4.69, 9.17) is 5.73 Å². The second-order valence-corrected chi connectivity index (χ2v) is 4.73. The fourth-order valence-electron chi connectivity index (χ4n) is 2.87. The summed E-state index contributed by atoms with van der Waals surface area (Å²) in [7, 11) is 0. The molecule has 1 aromatic rings. The van der Waals surface area contributed by atoms with Crippen molar-refractivity contribution in [3.63, 3.8) is 0 Å². The SMILES string of the molecule is CC[C@@H]1[C@@H](CN)CCCCN1c1ccncn1. The molecule has 0 radical (unpaired) electrons. The van der Waals surface area contributed by atoms with Crippen molar-refractivity contribution in [3.8, 4) is 0 Å². The summed E-state index contributed by atoms with van der Waals surface area (Å²) >= 11 is 0. The highest BCUT2D eigenvalue weighted by Crippen LogP contribution is 2.27. The average Bonchev–Trinajstić information content (AvgIpc) is 2.61. The van der Waals surface area contributed by atoms with E-state index in [1.165, 1.54) is 19.3 Å². The molecule has 1 fully saturated rings. The first-order valence-corrected chi connectivity index (χ1v) is 6.59. The summed E-state index contributed by atoms with van der Waals surface area (Å²) in [4.78, 5) is 10.8. The van der Waals surface area contributed by atoms with E-state index in [2.05, 4.69) is 21.8 Å². The molecule has 17 heavy (non-hydrogen) atoms. The third-order valence-corrected chi connectivity index (χ3v) is 3.75. The third kappa shape index (κ3) is 2.75. The van der Waals surface area contributed by atoms with Gasteiger partial charge in [-0.05, 0) is 37.8 Å².